The van der Waals surface area contributed by atoms with Gasteiger partial charge in [-0.15, -0.1) is 0 Å². The maximum atomic E-state index is 12.6. The summed E-state index contributed by atoms with van der Waals surface area (Å²) < 4.78 is 12.6. The lowest BCUT2D eigenvalue weighted by Crippen LogP contribution is -2.51. The van der Waals surface area contributed by atoms with Crippen LogP contribution in [0.25, 0.3) is 0 Å². The smallest absolute Gasteiger partial charge is 0.306 e. The fourth-order valence-electron chi connectivity index (χ4n) is 9.21. The van der Waals surface area contributed by atoms with E-state index < -0.39 is 0 Å². The number of ether oxygens (including phenoxy) is 2. The summed E-state index contributed by atoms with van der Waals surface area (Å²) in [5, 5.41) is 0. The van der Waals surface area contributed by atoms with E-state index in [0.717, 1.165) is 42.9 Å². The second kappa shape index (κ2) is 8.68. The second-order valence-electron chi connectivity index (χ2n) is 13.2. The van der Waals surface area contributed by atoms with Gasteiger partial charge in [0.05, 0.1) is 12.2 Å². The zero-order chi connectivity index (χ0) is 22.6. The number of hydrogen-bond donors (Lipinski definition) is 0. The van der Waals surface area contributed by atoms with E-state index in [-0.39, 0.29) is 12.1 Å². The molecule has 7 atom stereocenters. The second-order valence-corrected chi connectivity index (χ2v) is 13.2. The van der Waals surface area contributed by atoms with Gasteiger partial charge >= 0.3 is 5.97 Å². The molecule has 3 nitrogen and oxygen atoms in total. The maximum Gasteiger partial charge on any atom is 0.306 e. The lowest BCUT2D eigenvalue weighted by molar-refractivity contribution is -0.152. The first kappa shape index (κ1) is 22.6. The molecule has 184 valence electrons. The fourth-order valence-corrected chi connectivity index (χ4v) is 9.21. The minimum atomic E-state index is 0.0610. The van der Waals surface area contributed by atoms with Crippen molar-refractivity contribution in [2.24, 2.45) is 34.5 Å². The Labute approximate surface area is 201 Å². The first-order chi connectivity index (χ1) is 16.0. The van der Waals surface area contributed by atoms with Crippen LogP contribution < -0.4 is 0 Å². The molecular formula is C30H46O3. The quantitative estimate of drug-likeness (QED) is 0.310. The van der Waals surface area contributed by atoms with E-state index in [1.165, 1.54) is 77.0 Å². The van der Waals surface area contributed by atoms with Crippen LogP contribution in [0.15, 0.2) is 11.6 Å². The highest BCUT2D eigenvalue weighted by Crippen LogP contribution is 2.65. The molecule has 33 heavy (non-hydrogen) atoms. The van der Waals surface area contributed by atoms with Gasteiger partial charge in [0.1, 0.15) is 6.10 Å². The van der Waals surface area contributed by atoms with E-state index in [9.17, 15) is 4.79 Å². The molecule has 0 N–H and O–H groups in total. The van der Waals surface area contributed by atoms with Crippen LogP contribution in [0.1, 0.15) is 117 Å². The van der Waals surface area contributed by atoms with Crippen LogP contribution in [0.4, 0.5) is 0 Å². The highest BCUT2D eigenvalue weighted by molar-refractivity contribution is 5.69. The van der Waals surface area contributed by atoms with E-state index in [2.05, 4.69) is 19.9 Å². The topological polar surface area (TPSA) is 35.5 Å². The molecule has 0 amide bonds. The van der Waals surface area contributed by atoms with Gasteiger partial charge < -0.3 is 9.47 Å². The maximum absolute atomic E-state index is 12.6. The van der Waals surface area contributed by atoms with Crippen LogP contribution in [0, 0.1) is 34.5 Å². The highest BCUT2D eigenvalue weighted by Gasteiger charge is 2.59. The van der Waals surface area contributed by atoms with Crippen LogP contribution in [-0.4, -0.2) is 24.3 Å². The molecule has 0 aromatic carbocycles. The largest absolute Gasteiger partial charge is 0.462 e. The SMILES string of the molecule is C[C@]12CCC(OC(=O)CCC3CCCC3)CC1=CC[C@@H]1[C@H]2CC[C@]2(C)C(OC3CC3)CC[C@@H]12. The summed E-state index contributed by atoms with van der Waals surface area (Å²) in [5.41, 5.74) is 2.35. The molecule has 0 bridgehead atoms. The lowest BCUT2D eigenvalue weighted by atomic mass is 9.48. The summed E-state index contributed by atoms with van der Waals surface area (Å²) >= 11 is 0. The molecule has 0 aliphatic heterocycles. The van der Waals surface area contributed by atoms with Crippen LogP contribution >= 0.6 is 0 Å². The molecule has 0 heterocycles. The summed E-state index contributed by atoms with van der Waals surface area (Å²) in [4.78, 5) is 12.6. The average molecular weight is 455 g/mol. The van der Waals surface area contributed by atoms with Gasteiger partial charge in [0.25, 0.3) is 0 Å². The van der Waals surface area contributed by atoms with E-state index in [1.54, 1.807) is 5.57 Å². The standard InChI is InChI=1S/C30H46O3/c1-29-17-15-23(33-28(31)14-7-20-5-3-4-6-20)19-21(29)8-11-24-25-12-13-27(32-22-9-10-22)30(25,2)18-16-26(24)29/h8,20,22-27H,3-7,9-19H2,1-2H3/t23?,24-,25-,26+,27?,29-,30-/m0/s1. The number of allylic oxidation sites excluding steroid dienone is 1. The Balaban J connectivity index is 1.09. The van der Waals surface area contributed by atoms with Crippen molar-refractivity contribution in [3.8, 4) is 0 Å². The van der Waals surface area contributed by atoms with Gasteiger partial charge in [-0.2, -0.15) is 0 Å². The van der Waals surface area contributed by atoms with Gasteiger partial charge in [-0.3, -0.25) is 4.79 Å². The van der Waals surface area contributed by atoms with Gasteiger partial charge in [-0.05, 0) is 98.7 Å². The molecule has 0 radical (unpaired) electrons. The summed E-state index contributed by atoms with van der Waals surface area (Å²) in [5.74, 6) is 3.31. The molecule has 2 unspecified atom stereocenters. The van der Waals surface area contributed by atoms with Gasteiger partial charge in [-0.1, -0.05) is 51.2 Å². The summed E-state index contributed by atoms with van der Waals surface area (Å²) in [7, 11) is 0. The first-order valence-corrected chi connectivity index (χ1v) is 14.5. The number of fused-ring (bicyclic) bond motifs is 5. The summed E-state index contributed by atoms with van der Waals surface area (Å²) in [6, 6.07) is 0. The van der Waals surface area contributed by atoms with Gasteiger partial charge in [0, 0.05) is 12.8 Å². The molecule has 0 aromatic heterocycles. The van der Waals surface area contributed by atoms with Crippen molar-refractivity contribution < 1.29 is 14.3 Å². The zero-order valence-electron chi connectivity index (χ0n) is 21.2. The van der Waals surface area contributed by atoms with Gasteiger partial charge in [0.2, 0.25) is 0 Å². The Morgan fingerprint density at radius 2 is 1.76 bits per heavy atom. The monoisotopic (exact) mass is 454 g/mol. The Bertz CT molecular complexity index is 777. The van der Waals surface area contributed by atoms with Gasteiger partial charge in [-0.25, -0.2) is 0 Å². The molecule has 6 aliphatic carbocycles. The Hall–Kier alpha value is -0.830. The number of esters is 1. The van der Waals surface area contributed by atoms with Crippen LogP contribution in [0.2, 0.25) is 0 Å². The Kier molecular flexibility index (Phi) is 5.95. The number of rotatable bonds is 6. The molecule has 5 saturated carbocycles. The molecule has 6 aliphatic rings. The van der Waals surface area contributed by atoms with E-state index in [4.69, 9.17) is 9.47 Å². The molecule has 0 saturated heterocycles. The Morgan fingerprint density at radius 3 is 2.55 bits per heavy atom. The third kappa shape index (κ3) is 4.13. The van der Waals surface area contributed by atoms with Gasteiger partial charge in [0.15, 0.2) is 0 Å². The van der Waals surface area contributed by atoms with Crippen molar-refractivity contribution >= 4 is 5.97 Å². The van der Waals surface area contributed by atoms with E-state index in [0.29, 0.717) is 29.5 Å². The highest BCUT2D eigenvalue weighted by atomic mass is 16.5. The third-order valence-electron chi connectivity index (χ3n) is 11.4. The van der Waals surface area contributed by atoms with Crippen molar-refractivity contribution in [3.05, 3.63) is 11.6 Å². The molecule has 0 aromatic rings. The molecule has 0 spiro atoms. The molecule has 5 fully saturated rings. The average Bonchev–Trinajstić information content (AvgIpc) is 3.34. The van der Waals surface area contributed by atoms with Crippen LogP contribution in [0.3, 0.4) is 0 Å². The van der Waals surface area contributed by atoms with Crippen molar-refractivity contribution in [2.45, 2.75) is 135 Å². The number of carbonyl (C=O) groups excluding carboxylic acids is 1. The predicted molar refractivity (Wildman–Crippen MR) is 131 cm³/mol. The normalized spacial score (nSPS) is 45.2. The summed E-state index contributed by atoms with van der Waals surface area (Å²) in [6.07, 6.45) is 23.3. The lowest BCUT2D eigenvalue weighted by Gasteiger charge is -2.58. The van der Waals surface area contributed by atoms with Crippen LogP contribution in [-0.2, 0) is 14.3 Å². The van der Waals surface area contributed by atoms with Crippen molar-refractivity contribution in [3.63, 3.8) is 0 Å². The van der Waals surface area contributed by atoms with Crippen molar-refractivity contribution in [2.75, 3.05) is 0 Å². The van der Waals surface area contributed by atoms with Crippen LogP contribution in [0.5, 0.6) is 0 Å². The third-order valence-corrected chi connectivity index (χ3v) is 11.4. The number of hydrogen-bond acceptors (Lipinski definition) is 3. The van der Waals surface area contributed by atoms with Crippen molar-refractivity contribution in [1.82, 2.24) is 0 Å². The summed E-state index contributed by atoms with van der Waals surface area (Å²) in [6.45, 7) is 5.13. The van der Waals surface area contributed by atoms with Crippen molar-refractivity contribution in [1.29, 1.82) is 0 Å². The minimum absolute atomic E-state index is 0.0610. The number of carbonyl (C=O) groups is 1. The molecule has 3 heteroatoms. The van der Waals surface area contributed by atoms with E-state index in [1.807, 2.05) is 0 Å². The predicted octanol–water partition coefficient (Wildman–Crippen LogP) is 7.38. The van der Waals surface area contributed by atoms with E-state index >= 15 is 0 Å². The molecular weight excluding hydrogens is 408 g/mol. The molecule has 6 rings (SSSR count). The minimum Gasteiger partial charge on any atom is -0.462 e. The first-order valence-electron chi connectivity index (χ1n) is 14.5. The Morgan fingerprint density at radius 1 is 0.939 bits per heavy atom. The fraction of sp³-hybridized carbons (Fsp3) is 0.900. The zero-order valence-corrected chi connectivity index (χ0v) is 21.2.